The second-order valence-electron chi connectivity index (χ2n) is 2.39. The van der Waals surface area contributed by atoms with E-state index in [0.29, 0.717) is 0 Å². The average molecular weight is 160 g/mol. The third-order valence-corrected chi connectivity index (χ3v) is 1.64. The predicted octanol–water partition coefficient (Wildman–Crippen LogP) is -2.80. The van der Waals surface area contributed by atoms with Crippen molar-refractivity contribution in [3.05, 3.63) is 11.5 Å². The Kier molecular flexibility index (Phi) is 1.90. The van der Waals surface area contributed by atoms with Gasteiger partial charge in [-0.05, 0) is 0 Å². The molecule has 7 N–H and O–H groups in total. The van der Waals surface area contributed by atoms with E-state index in [1.54, 1.807) is 7.05 Å². The molecule has 0 aliphatic carbocycles. The Bertz CT molecular complexity index is 193. The van der Waals surface area contributed by atoms with Crippen molar-refractivity contribution in [2.45, 2.75) is 12.6 Å². The number of aliphatic hydroxyl groups excluding tert-OH is 2. The fourth-order valence-electron chi connectivity index (χ4n) is 0.818. The maximum atomic E-state index is 9.12. The quantitative estimate of drug-likeness (QED) is 0.262. The van der Waals surface area contributed by atoms with Gasteiger partial charge in [-0.15, -0.1) is 0 Å². The number of nitrogens with one attached hydrogen (secondary N) is 1. The van der Waals surface area contributed by atoms with Gasteiger partial charge in [0.1, 0.15) is 5.82 Å². The van der Waals surface area contributed by atoms with Crippen LogP contribution in [0.3, 0.4) is 0 Å². The molecule has 6 nitrogen and oxygen atoms in total. The molecule has 0 aromatic carbocycles. The summed E-state index contributed by atoms with van der Waals surface area (Å²) in [5, 5.41) is 20.6. The van der Waals surface area contributed by atoms with Gasteiger partial charge in [-0.2, -0.15) is 0 Å². The Morgan fingerprint density at radius 1 is 1.45 bits per heavy atom. The minimum atomic E-state index is -1.07. The highest BCUT2D eigenvalue weighted by Crippen LogP contribution is 2.09. The topological polar surface area (TPSA) is 108 Å². The molecule has 0 aromatic rings. The third kappa shape index (κ3) is 1.23. The molecule has 0 aromatic heterocycles. The summed E-state index contributed by atoms with van der Waals surface area (Å²) in [5.41, 5.74) is 10.9. The lowest BCUT2D eigenvalue weighted by Gasteiger charge is -2.34. The molecular weight excluding hydrogens is 148 g/mol. The van der Waals surface area contributed by atoms with Gasteiger partial charge in [0.15, 0.2) is 12.6 Å². The van der Waals surface area contributed by atoms with E-state index >= 15 is 0 Å². The molecular formula is C5H12N4O2. The number of aliphatic hydroxyl groups is 2. The van der Waals surface area contributed by atoms with E-state index in [9.17, 15) is 0 Å². The van der Waals surface area contributed by atoms with Gasteiger partial charge in [0.2, 0.25) is 0 Å². The monoisotopic (exact) mass is 160 g/mol. The maximum Gasteiger partial charge on any atom is 0.187 e. The Balaban J connectivity index is 2.89. The van der Waals surface area contributed by atoms with Crippen LogP contribution in [0.4, 0.5) is 0 Å². The molecule has 2 atom stereocenters. The van der Waals surface area contributed by atoms with Crippen molar-refractivity contribution in [1.82, 2.24) is 10.2 Å². The van der Waals surface area contributed by atoms with Crippen LogP contribution in [0.25, 0.3) is 0 Å². The number of nitrogens with two attached hydrogens (primary N) is 2. The summed E-state index contributed by atoms with van der Waals surface area (Å²) in [6.45, 7) is 0. The summed E-state index contributed by atoms with van der Waals surface area (Å²) in [5.74, 6) is 0.184. The van der Waals surface area contributed by atoms with Gasteiger partial charge in [0.05, 0.1) is 5.70 Å². The van der Waals surface area contributed by atoms with Gasteiger partial charge in [0, 0.05) is 7.05 Å². The minimum Gasteiger partial charge on any atom is -0.396 e. The molecule has 0 spiro atoms. The SMILES string of the molecule is CN1C(N)=C(N)C(O)NC1O. The first kappa shape index (κ1) is 8.12. The van der Waals surface area contributed by atoms with Gasteiger partial charge in [-0.3, -0.25) is 0 Å². The van der Waals surface area contributed by atoms with Crippen molar-refractivity contribution in [2.24, 2.45) is 11.5 Å². The van der Waals surface area contributed by atoms with Crippen LogP contribution in [0.5, 0.6) is 0 Å². The minimum absolute atomic E-state index is 0.123. The number of rotatable bonds is 0. The summed E-state index contributed by atoms with van der Waals surface area (Å²) < 4.78 is 0. The summed E-state index contributed by atoms with van der Waals surface area (Å²) in [4.78, 5) is 1.32. The second kappa shape index (κ2) is 2.57. The lowest BCUT2D eigenvalue weighted by molar-refractivity contribution is -0.0407. The van der Waals surface area contributed by atoms with Crippen LogP contribution in [0, 0.1) is 0 Å². The summed E-state index contributed by atoms with van der Waals surface area (Å²) in [6, 6.07) is 0. The molecule has 1 aliphatic heterocycles. The zero-order valence-corrected chi connectivity index (χ0v) is 6.15. The summed E-state index contributed by atoms with van der Waals surface area (Å²) >= 11 is 0. The standard InChI is InChI=1S/C5H12N4O2/c1-9-3(7)2(6)4(10)8-5(9)11/h4-5,8,10-11H,6-7H2,1H3. The predicted molar refractivity (Wildman–Crippen MR) is 38.3 cm³/mol. The molecule has 0 bridgehead atoms. The molecule has 6 heteroatoms. The van der Waals surface area contributed by atoms with Gasteiger partial charge in [0.25, 0.3) is 0 Å². The largest absolute Gasteiger partial charge is 0.396 e. The van der Waals surface area contributed by atoms with E-state index in [-0.39, 0.29) is 11.5 Å². The molecule has 0 radical (unpaired) electrons. The van der Waals surface area contributed by atoms with E-state index < -0.39 is 12.6 Å². The van der Waals surface area contributed by atoms with Crippen LogP contribution in [0.15, 0.2) is 11.5 Å². The molecule has 64 valence electrons. The Morgan fingerprint density at radius 3 is 2.55 bits per heavy atom. The lowest BCUT2D eigenvalue weighted by atomic mass is 10.3. The number of hydrogen-bond acceptors (Lipinski definition) is 6. The van der Waals surface area contributed by atoms with Crippen molar-refractivity contribution in [3.8, 4) is 0 Å². The zero-order valence-electron chi connectivity index (χ0n) is 6.15. The summed E-state index contributed by atoms with van der Waals surface area (Å²) in [6.07, 6.45) is -2.06. The first-order chi connectivity index (χ1) is 5.04. The highest BCUT2D eigenvalue weighted by Gasteiger charge is 2.26. The number of hydrogen-bond donors (Lipinski definition) is 5. The van der Waals surface area contributed by atoms with Crippen LogP contribution in [-0.4, -0.2) is 34.7 Å². The molecule has 0 saturated carbocycles. The fraction of sp³-hybridized carbons (Fsp3) is 0.600. The molecule has 0 amide bonds. The van der Waals surface area contributed by atoms with Crippen LogP contribution in [0.2, 0.25) is 0 Å². The molecule has 1 heterocycles. The van der Waals surface area contributed by atoms with Crippen molar-refractivity contribution in [2.75, 3.05) is 7.05 Å². The van der Waals surface area contributed by atoms with Crippen LogP contribution in [-0.2, 0) is 0 Å². The van der Waals surface area contributed by atoms with Crippen LogP contribution < -0.4 is 16.8 Å². The fourth-order valence-corrected chi connectivity index (χ4v) is 0.818. The Labute approximate surface area is 64.1 Å². The van der Waals surface area contributed by atoms with Gasteiger partial charge in [-0.1, -0.05) is 0 Å². The van der Waals surface area contributed by atoms with Crippen LogP contribution in [0.1, 0.15) is 0 Å². The smallest absolute Gasteiger partial charge is 0.187 e. The summed E-state index contributed by atoms with van der Waals surface area (Å²) in [7, 11) is 1.56. The van der Waals surface area contributed by atoms with Crippen molar-refractivity contribution in [3.63, 3.8) is 0 Å². The van der Waals surface area contributed by atoms with Crippen molar-refractivity contribution < 1.29 is 10.2 Å². The maximum absolute atomic E-state index is 9.12. The normalized spacial score (nSPS) is 32.8. The third-order valence-electron chi connectivity index (χ3n) is 1.64. The number of nitrogens with zero attached hydrogens (tertiary/aromatic N) is 1. The van der Waals surface area contributed by atoms with Crippen molar-refractivity contribution >= 4 is 0 Å². The first-order valence-corrected chi connectivity index (χ1v) is 3.14. The van der Waals surface area contributed by atoms with Crippen molar-refractivity contribution in [1.29, 1.82) is 0 Å². The van der Waals surface area contributed by atoms with E-state index in [1.165, 1.54) is 4.90 Å². The van der Waals surface area contributed by atoms with E-state index in [0.717, 1.165) is 0 Å². The molecule has 0 fully saturated rings. The molecule has 11 heavy (non-hydrogen) atoms. The van der Waals surface area contributed by atoms with Gasteiger partial charge in [-0.25, -0.2) is 5.32 Å². The molecule has 1 rings (SSSR count). The second-order valence-corrected chi connectivity index (χ2v) is 2.39. The van der Waals surface area contributed by atoms with Crippen LogP contribution >= 0.6 is 0 Å². The molecule has 1 aliphatic rings. The Hall–Kier alpha value is -0.980. The average Bonchev–Trinajstić information content (AvgIpc) is 1.97. The highest BCUT2D eigenvalue weighted by molar-refractivity contribution is 5.13. The first-order valence-electron chi connectivity index (χ1n) is 3.14. The van der Waals surface area contributed by atoms with E-state index in [2.05, 4.69) is 5.32 Å². The molecule has 0 saturated heterocycles. The van der Waals surface area contributed by atoms with E-state index in [4.69, 9.17) is 21.7 Å². The lowest BCUT2D eigenvalue weighted by Crippen LogP contribution is -2.56. The van der Waals surface area contributed by atoms with Gasteiger partial charge >= 0.3 is 0 Å². The highest BCUT2D eigenvalue weighted by atomic mass is 16.3. The zero-order chi connectivity index (χ0) is 8.59. The Morgan fingerprint density at radius 2 is 2.00 bits per heavy atom. The van der Waals surface area contributed by atoms with Gasteiger partial charge < -0.3 is 26.6 Å². The van der Waals surface area contributed by atoms with E-state index in [1.807, 2.05) is 0 Å². The molecule has 2 unspecified atom stereocenters.